The fourth-order valence-electron chi connectivity index (χ4n) is 5.87. The number of alkyl halides is 12. The molecule has 0 saturated carbocycles. The zero-order valence-electron chi connectivity index (χ0n) is 43.9. The molecule has 79 heavy (non-hydrogen) atoms. The summed E-state index contributed by atoms with van der Waals surface area (Å²) in [5, 5.41) is 4.08. The summed E-state index contributed by atoms with van der Waals surface area (Å²) in [6, 6.07) is 7.26. The number of benzene rings is 4. The summed E-state index contributed by atoms with van der Waals surface area (Å²) in [7, 11) is -6.01. The van der Waals surface area contributed by atoms with Crippen LogP contribution < -0.4 is 54.3 Å². The van der Waals surface area contributed by atoms with Crippen LogP contribution in [0.2, 0.25) is 0 Å². The molecule has 422 valence electrons. The molecule has 3 amide bonds. The van der Waals surface area contributed by atoms with Crippen molar-refractivity contribution in [3.63, 3.8) is 0 Å². The number of halogens is 16. The predicted octanol–water partition coefficient (Wildman–Crippen LogP) is 11.3. The molecule has 0 unspecified atom stereocenters. The Morgan fingerprint density at radius 1 is 0.481 bits per heavy atom. The van der Waals surface area contributed by atoms with Crippen LogP contribution in [0.15, 0.2) is 85.2 Å². The Balaban J connectivity index is 0.000000311. The molecule has 2 heterocycles. The molecule has 0 fully saturated rings. The second-order valence-electron chi connectivity index (χ2n) is 14.1. The number of hydrogen-bond acceptors (Lipinski definition) is 15. The van der Waals surface area contributed by atoms with E-state index in [1.54, 1.807) is 0 Å². The van der Waals surface area contributed by atoms with Crippen LogP contribution in [0.5, 0.6) is 57.5 Å². The van der Waals surface area contributed by atoms with Gasteiger partial charge in [-0.1, -0.05) is 0 Å². The van der Waals surface area contributed by atoms with Crippen LogP contribution in [-0.2, 0) is 4.74 Å². The van der Waals surface area contributed by atoms with E-state index in [0.29, 0.717) is 48.5 Å². The van der Waals surface area contributed by atoms with Crippen molar-refractivity contribution in [2.45, 2.75) is 25.4 Å². The Morgan fingerprint density at radius 2 is 0.797 bits per heavy atom. The quantitative estimate of drug-likeness (QED) is 0.0605. The van der Waals surface area contributed by atoms with E-state index in [-0.39, 0.29) is 22.8 Å². The predicted molar refractivity (Wildman–Crippen MR) is 230 cm³/mol. The molecule has 2 aromatic heterocycles. The lowest BCUT2D eigenvalue weighted by atomic mass is 10.1. The van der Waals surface area contributed by atoms with Crippen LogP contribution in [0.1, 0.15) is 49.9 Å². The molecule has 0 spiro atoms. The lowest BCUT2D eigenvalue weighted by Crippen LogP contribution is -2.21. The van der Waals surface area contributed by atoms with Crippen LogP contribution in [0.4, 0.5) is 81.6 Å². The van der Waals surface area contributed by atoms with Crippen molar-refractivity contribution in [1.82, 2.24) is 9.97 Å². The smallest absolute Gasteiger partial charge is 0.490 e. The van der Waals surface area contributed by atoms with E-state index in [1.165, 1.54) is 0 Å². The molecule has 0 aliphatic rings. The van der Waals surface area contributed by atoms with Crippen molar-refractivity contribution in [2.75, 3.05) is 31.8 Å². The molecule has 0 radical (unpaired) electrons. The van der Waals surface area contributed by atoms with Gasteiger partial charge in [-0.15, -0.1) is 52.7 Å². The Kier molecular flexibility index (Phi) is 15.7. The molecule has 0 aliphatic heterocycles. The molecule has 0 atom stereocenters. The van der Waals surface area contributed by atoms with E-state index in [9.17, 15) is 80.6 Å². The molecule has 4 aromatic carbocycles. The number of nitrogens with zero attached hydrogens (tertiary/aromatic N) is 2. The number of esters is 1. The largest absolute Gasteiger partial charge is 0.573 e. The zero-order valence-corrected chi connectivity index (χ0v) is 37.9. The number of amides is 3. The molecular weight excluding hydrogens is 1120 g/mol. The van der Waals surface area contributed by atoms with Crippen LogP contribution >= 0.6 is 0 Å². The first kappa shape index (κ1) is 51.4. The number of carbonyl (C=O) groups is 4. The maximum Gasteiger partial charge on any atom is 0.573 e. The average molecular weight is 1160 g/mol. The number of anilines is 2. The molecule has 34 heteroatoms. The first-order valence-electron chi connectivity index (χ1n) is 23.0. The second kappa shape index (κ2) is 24.1. The Morgan fingerprint density at radius 3 is 1.13 bits per heavy atom. The van der Waals surface area contributed by atoms with Gasteiger partial charge in [0.25, 0.3) is 17.7 Å². The first-order chi connectivity index (χ1) is 39.0. The number of primary amides is 1. The molecule has 18 nitrogen and oxygen atoms in total. The fourth-order valence-corrected chi connectivity index (χ4v) is 5.87. The van der Waals surface area contributed by atoms with Gasteiger partial charge in [0.15, 0.2) is 46.1 Å². The summed E-state index contributed by atoms with van der Waals surface area (Å²) in [5.74, 6) is -26.7. The highest BCUT2D eigenvalue weighted by molar-refractivity contribution is 6.08. The molecule has 4 N–H and O–H groups in total. The highest BCUT2D eigenvalue weighted by Crippen LogP contribution is 2.44. The molecule has 6 aromatic rings. The SMILES string of the molecule is [2H]C([2H])([2H])Oc1c(Oc2ccc(OC(F)(F)F)c(F)c2C(=O)Nc2ccnc(C(=O)OC)c2)ccc(OC(F)(F)F)c1F.[2H]C([2H])([2H])Oc1c(Oc2ccc(OC(F)(F)F)c(F)c2C(=O)Nc2ccnc(C(N)=O)c2)ccc(OC(F)(F)F)c1F. The molecule has 0 bridgehead atoms. The van der Waals surface area contributed by atoms with Gasteiger partial charge in [0.05, 0.1) is 29.4 Å². The van der Waals surface area contributed by atoms with Gasteiger partial charge in [-0.25, -0.2) is 18.6 Å². The minimum absolute atomic E-state index is 0.265. The molecule has 0 aliphatic carbocycles. The highest BCUT2D eigenvalue weighted by atomic mass is 19.4. The maximum atomic E-state index is 15.3. The molecular formula is C45H27F16N5O13. The summed E-state index contributed by atoms with van der Waals surface area (Å²) >= 11 is 0. The Bertz CT molecular complexity index is 3500. The van der Waals surface area contributed by atoms with Crippen molar-refractivity contribution in [1.29, 1.82) is 0 Å². The van der Waals surface area contributed by atoms with Gasteiger partial charge in [0, 0.05) is 23.8 Å². The van der Waals surface area contributed by atoms with E-state index in [2.05, 4.69) is 43.1 Å². The Labute approximate surface area is 436 Å². The molecule has 6 rings (SSSR count). The zero-order chi connectivity index (χ0) is 63.9. The number of nitrogens with two attached hydrogens (primary N) is 1. The van der Waals surface area contributed by atoms with E-state index in [0.717, 1.165) is 43.8 Å². The van der Waals surface area contributed by atoms with E-state index < -0.39 is 155 Å². The number of rotatable bonds is 16. The Hall–Kier alpha value is -9.66. The fraction of sp³-hybridized carbons (Fsp3) is 0.156. The van der Waals surface area contributed by atoms with Gasteiger partial charge in [-0.3, -0.25) is 19.4 Å². The van der Waals surface area contributed by atoms with E-state index in [1.807, 2.05) is 10.6 Å². The van der Waals surface area contributed by atoms with Crippen molar-refractivity contribution >= 4 is 35.1 Å². The van der Waals surface area contributed by atoms with Crippen LogP contribution in [0.3, 0.4) is 0 Å². The number of methoxy groups -OCH3 is 3. The van der Waals surface area contributed by atoms with Crippen molar-refractivity contribution in [3.05, 3.63) is 131 Å². The second-order valence-corrected chi connectivity index (χ2v) is 14.1. The third-order valence-corrected chi connectivity index (χ3v) is 8.87. The van der Waals surface area contributed by atoms with Gasteiger partial charge >= 0.3 is 31.4 Å². The van der Waals surface area contributed by atoms with Gasteiger partial charge in [0.1, 0.15) is 34.0 Å². The number of nitrogens with one attached hydrogen (secondary N) is 2. The summed E-state index contributed by atoms with van der Waals surface area (Å²) in [5.41, 5.74) is 1.09. The van der Waals surface area contributed by atoms with Gasteiger partial charge in [-0.2, -0.15) is 8.78 Å². The third kappa shape index (κ3) is 16.2. The summed E-state index contributed by atoms with van der Waals surface area (Å²) < 4.78 is 294. The number of aromatic nitrogens is 2. The van der Waals surface area contributed by atoms with Crippen molar-refractivity contribution in [2.24, 2.45) is 5.73 Å². The van der Waals surface area contributed by atoms with Gasteiger partial charge in [0.2, 0.25) is 23.1 Å². The lowest BCUT2D eigenvalue weighted by molar-refractivity contribution is -0.276. The standard InChI is InChI=1S/C23H14F8N2O7.C22H13F8N3O6/c1-36-19-15(6-5-14(18(19)25)40-23(29,30)31)38-12-3-4-13(39-22(26,27)28)17(24)16(12)20(34)33-10-7-8-32-11(9-10)21(35)37-2;1-36-18-14(5-4-13(17(18)24)39-22(28,29)30)37-11-2-3-12(38-21(25,26)27)16(23)15(11)20(35)33-9-6-7-32-10(8-9)19(31)34/h3-9H,1-2H3,(H,32,33,34);2-8H,1H3,(H2,31,34)(H,32,33,35)/i2*1D3. The topological polar surface area (TPSA) is 227 Å². The first-order valence-corrected chi connectivity index (χ1v) is 20.0. The average Bonchev–Trinajstić information content (AvgIpc) is 1.38. The summed E-state index contributed by atoms with van der Waals surface area (Å²) in [6.07, 6.45) is -19.8. The number of carbonyl (C=O) groups excluding carboxylic acids is 4. The van der Waals surface area contributed by atoms with Crippen LogP contribution in [0.25, 0.3) is 0 Å². The van der Waals surface area contributed by atoms with Gasteiger partial charge in [-0.05, 0) is 72.8 Å². The number of hydrogen-bond donors (Lipinski definition) is 3. The normalized spacial score (nSPS) is 12.9. The number of pyridine rings is 2. The summed E-state index contributed by atoms with van der Waals surface area (Å²) in [6.45, 7) is 0. The third-order valence-electron chi connectivity index (χ3n) is 8.87. The monoisotopic (exact) mass is 1160 g/mol. The van der Waals surface area contributed by atoms with E-state index >= 15 is 8.78 Å². The minimum atomic E-state index is -5.45. The molecule has 0 saturated heterocycles. The summed E-state index contributed by atoms with van der Waals surface area (Å²) in [4.78, 5) is 56.4. The van der Waals surface area contributed by atoms with Crippen LogP contribution in [-0.4, -0.2) is 80.3 Å². The van der Waals surface area contributed by atoms with E-state index in [4.69, 9.17) is 23.4 Å². The van der Waals surface area contributed by atoms with Gasteiger partial charge < -0.3 is 59.0 Å². The van der Waals surface area contributed by atoms with Crippen molar-refractivity contribution < 1.29 is 140 Å². The lowest BCUT2D eigenvalue weighted by Gasteiger charge is -2.18. The van der Waals surface area contributed by atoms with Crippen molar-refractivity contribution in [3.8, 4) is 57.5 Å². The minimum Gasteiger partial charge on any atom is -0.490 e. The highest BCUT2D eigenvalue weighted by Gasteiger charge is 2.38. The number of ether oxygens (including phenoxy) is 9. The maximum absolute atomic E-state index is 15.3. The van der Waals surface area contributed by atoms with Crippen LogP contribution in [0, 0.1) is 23.3 Å².